The topological polar surface area (TPSA) is 3.24 Å². The van der Waals surface area contributed by atoms with Gasteiger partial charge in [-0.1, -0.05) is 218 Å². The summed E-state index contributed by atoms with van der Waals surface area (Å²) in [4.78, 5) is 2.49. The smallest absolute Gasteiger partial charge is 0.0714 e. The van der Waals surface area contributed by atoms with Crippen LogP contribution in [0.3, 0.4) is 0 Å². The molecule has 0 N–H and O–H groups in total. The van der Waals surface area contributed by atoms with Crippen LogP contribution in [-0.2, 0) is 5.41 Å². The van der Waals surface area contributed by atoms with Crippen LogP contribution in [-0.4, -0.2) is 0 Å². The van der Waals surface area contributed by atoms with Gasteiger partial charge in [-0.05, 0) is 136 Å². The molecule has 13 rings (SSSR count). The lowest BCUT2D eigenvalue weighted by Gasteiger charge is -2.34. The Morgan fingerprint density at radius 1 is 0.273 bits per heavy atom. The molecule has 1 heteroatoms. The second kappa shape index (κ2) is 15.3. The summed E-state index contributed by atoms with van der Waals surface area (Å²) >= 11 is 0. The number of hydrogen-bond acceptors (Lipinski definition) is 1. The highest BCUT2D eigenvalue weighted by atomic mass is 15.1. The molecule has 0 saturated heterocycles. The zero-order valence-corrected chi connectivity index (χ0v) is 36.3. The molecule has 66 heavy (non-hydrogen) atoms. The quantitative estimate of drug-likeness (QED) is 0.145. The van der Waals surface area contributed by atoms with Gasteiger partial charge in [0, 0.05) is 16.9 Å². The Bertz CT molecular complexity index is 3770. The van der Waals surface area contributed by atoms with Gasteiger partial charge in [-0.15, -0.1) is 0 Å². The summed E-state index contributed by atoms with van der Waals surface area (Å²) < 4.78 is 0. The average molecular weight is 838 g/mol. The van der Waals surface area contributed by atoms with Gasteiger partial charge in [0.15, 0.2) is 0 Å². The van der Waals surface area contributed by atoms with E-state index in [1.807, 2.05) is 0 Å². The Morgan fingerprint density at radius 2 is 0.742 bits per heavy atom. The molecule has 0 unspecified atom stereocenters. The van der Waals surface area contributed by atoms with E-state index >= 15 is 0 Å². The maximum Gasteiger partial charge on any atom is 0.0714 e. The minimum absolute atomic E-state index is 0.518. The highest BCUT2D eigenvalue weighted by Gasteiger charge is 2.47. The highest BCUT2D eigenvalue weighted by molar-refractivity contribution is 6.10. The Labute approximate surface area is 385 Å². The third kappa shape index (κ3) is 5.94. The van der Waals surface area contributed by atoms with Crippen molar-refractivity contribution in [1.29, 1.82) is 0 Å². The first-order valence-electron chi connectivity index (χ1n) is 22.9. The Balaban J connectivity index is 1.02. The summed E-state index contributed by atoms with van der Waals surface area (Å²) in [5.41, 5.74) is 15.1. The lowest BCUT2D eigenvalue weighted by Crippen LogP contribution is -2.28. The van der Waals surface area contributed by atoms with Crippen LogP contribution in [0, 0.1) is 0 Å². The lowest BCUT2D eigenvalue weighted by atomic mass is 9.68. The molecule has 12 aromatic rings. The summed E-state index contributed by atoms with van der Waals surface area (Å²) in [6, 6.07) is 96.5. The van der Waals surface area contributed by atoms with E-state index in [0.717, 1.165) is 17.1 Å². The molecule has 0 radical (unpaired) electrons. The zero-order valence-electron chi connectivity index (χ0n) is 36.3. The minimum Gasteiger partial charge on any atom is -0.310 e. The summed E-state index contributed by atoms with van der Waals surface area (Å²) in [5, 5.41) is 10.1. The molecule has 0 fully saturated rings. The number of benzene rings is 12. The molecule has 1 aliphatic carbocycles. The molecule has 308 valence electrons. The molecule has 0 heterocycles. The third-order valence-corrected chi connectivity index (χ3v) is 14.1. The number of fused-ring (bicyclic) bond motifs is 9. The van der Waals surface area contributed by atoms with E-state index in [1.165, 1.54) is 98.7 Å². The van der Waals surface area contributed by atoms with Crippen LogP contribution in [0.15, 0.2) is 261 Å². The SMILES string of the molecule is c1ccc(C2(c3ccccc3)c3ccccc3-c3c(N(c4ccc(-c5ccc6ccc7ccccc7c6c5)cc4)c4cccc(-c5ccc6ccc7ccccc7c6c5)c4)cccc32)cc1. The van der Waals surface area contributed by atoms with Gasteiger partial charge >= 0.3 is 0 Å². The molecule has 12 aromatic carbocycles. The first-order chi connectivity index (χ1) is 32.7. The monoisotopic (exact) mass is 837 g/mol. The van der Waals surface area contributed by atoms with Crippen LogP contribution in [0.2, 0.25) is 0 Å². The van der Waals surface area contributed by atoms with E-state index in [9.17, 15) is 0 Å². The van der Waals surface area contributed by atoms with E-state index in [4.69, 9.17) is 0 Å². The van der Waals surface area contributed by atoms with Gasteiger partial charge in [-0.2, -0.15) is 0 Å². The van der Waals surface area contributed by atoms with Crippen molar-refractivity contribution in [2.45, 2.75) is 5.41 Å². The maximum absolute atomic E-state index is 2.49. The molecule has 1 aliphatic rings. The van der Waals surface area contributed by atoms with Gasteiger partial charge in [-0.25, -0.2) is 0 Å². The van der Waals surface area contributed by atoms with Crippen molar-refractivity contribution in [2.75, 3.05) is 4.90 Å². The third-order valence-electron chi connectivity index (χ3n) is 14.1. The van der Waals surface area contributed by atoms with Crippen molar-refractivity contribution in [3.63, 3.8) is 0 Å². The van der Waals surface area contributed by atoms with Crippen molar-refractivity contribution in [3.8, 4) is 33.4 Å². The largest absolute Gasteiger partial charge is 0.310 e. The first-order valence-corrected chi connectivity index (χ1v) is 22.9. The normalized spacial score (nSPS) is 12.7. The van der Waals surface area contributed by atoms with Crippen LogP contribution < -0.4 is 4.90 Å². The number of nitrogens with zero attached hydrogens (tertiary/aromatic N) is 1. The van der Waals surface area contributed by atoms with Crippen LogP contribution in [0.25, 0.3) is 76.5 Å². The fourth-order valence-corrected chi connectivity index (χ4v) is 11.1. The summed E-state index contributed by atoms with van der Waals surface area (Å²) in [6.07, 6.45) is 0. The molecular formula is C65H43N. The maximum atomic E-state index is 2.49. The average Bonchev–Trinajstić information content (AvgIpc) is 3.71. The van der Waals surface area contributed by atoms with Crippen molar-refractivity contribution < 1.29 is 0 Å². The van der Waals surface area contributed by atoms with E-state index in [1.54, 1.807) is 0 Å². The number of hydrogen-bond donors (Lipinski definition) is 0. The predicted molar refractivity (Wildman–Crippen MR) is 279 cm³/mol. The Hall–Kier alpha value is -8.52. The van der Waals surface area contributed by atoms with Crippen LogP contribution in [0.1, 0.15) is 22.3 Å². The van der Waals surface area contributed by atoms with E-state index in [2.05, 4.69) is 266 Å². The Kier molecular flexibility index (Phi) is 8.82. The van der Waals surface area contributed by atoms with E-state index < -0.39 is 5.41 Å². The van der Waals surface area contributed by atoms with Crippen LogP contribution in [0.5, 0.6) is 0 Å². The van der Waals surface area contributed by atoms with E-state index in [-0.39, 0.29) is 0 Å². The molecule has 0 aromatic heterocycles. The number of anilines is 3. The van der Waals surface area contributed by atoms with Gasteiger partial charge in [0.2, 0.25) is 0 Å². The molecular weight excluding hydrogens is 795 g/mol. The van der Waals surface area contributed by atoms with Gasteiger partial charge in [0.05, 0.1) is 11.1 Å². The Morgan fingerprint density at radius 3 is 1.38 bits per heavy atom. The molecule has 0 saturated carbocycles. The molecule has 0 atom stereocenters. The van der Waals surface area contributed by atoms with Crippen molar-refractivity contribution in [2.24, 2.45) is 0 Å². The van der Waals surface area contributed by atoms with Crippen LogP contribution >= 0.6 is 0 Å². The zero-order chi connectivity index (χ0) is 43.6. The van der Waals surface area contributed by atoms with Gasteiger partial charge in [0.25, 0.3) is 0 Å². The minimum atomic E-state index is -0.518. The van der Waals surface area contributed by atoms with E-state index in [0.29, 0.717) is 0 Å². The fourth-order valence-electron chi connectivity index (χ4n) is 11.1. The fraction of sp³-hybridized carbons (Fsp3) is 0.0154. The first kappa shape index (κ1) is 38.0. The molecule has 1 nitrogen and oxygen atoms in total. The predicted octanol–water partition coefficient (Wildman–Crippen LogP) is 17.5. The summed E-state index contributed by atoms with van der Waals surface area (Å²) in [5.74, 6) is 0. The van der Waals surface area contributed by atoms with Gasteiger partial charge in [-0.3, -0.25) is 0 Å². The molecule has 0 bridgehead atoms. The summed E-state index contributed by atoms with van der Waals surface area (Å²) in [7, 11) is 0. The van der Waals surface area contributed by atoms with Crippen molar-refractivity contribution >= 4 is 60.2 Å². The van der Waals surface area contributed by atoms with Gasteiger partial charge < -0.3 is 4.90 Å². The van der Waals surface area contributed by atoms with Gasteiger partial charge in [0.1, 0.15) is 0 Å². The molecule has 0 spiro atoms. The number of rotatable bonds is 7. The van der Waals surface area contributed by atoms with Crippen molar-refractivity contribution in [1.82, 2.24) is 0 Å². The second-order valence-electron chi connectivity index (χ2n) is 17.6. The van der Waals surface area contributed by atoms with Crippen molar-refractivity contribution in [3.05, 3.63) is 283 Å². The molecule has 0 amide bonds. The van der Waals surface area contributed by atoms with Crippen LogP contribution in [0.4, 0.5) is 17.1 Å². The lowest BCUT2D eigenvalue weighted by molar-refractivity contribution is 0.768. The second-order valence-corrected chi connectivity index (χ2v) is 17.6. The molecule has 0 aliphatic heterocycles. The standard InChI is InChI=1S/C65H43N/c1-3-18-52(19-4-1)65(53-20-5-2-6-21-53)61-26-12-11-25-58(61)64-62(65)27-14-28-63(64)66(54-39-37-44(38-40-54)50-35-33-47-31-29-45-15-7-9-23-56(45)59(47)42-50)55-22-13-17-49(41-55)51-36-34-48-32-30-46-16-8-10-24-57(46)60(48)43-51/h1-43H. The highest BCUT2D eigenvalue weighted by Crippen LogP contribution is 2.59. The summed E-state index contributed by atoms with van der Waals surface area (Å²) in [6.45, 7) is 0.